The van der Waals surface area contributed by atoms with E-state index in [9.17, 15) is 14.5 Å². The van der Waals surface area contributed by atoms with Crippen LogP contribution in [0, 0.1) is 4.91 Å². The van der Waals surface area contributed by atoms with E-state index in [0.29, 0.717) is 62.8 Å². The molecule has 10 heteroatoms. The predicted octanol–water partition coefficient (Wildman–Crippen LogP) is 0.520. The quantitative estimate of drug-likeness (QED) is 0.694. The van der Waals surface area contributed by atoms with Gasteiger partial charge in [0.1, 0.15) is 0 Å². The molecule has 1 saturated heterocycles. The van der Waals surface area contributed by atoms with Crippen molar-refractivity contribution in [1.82, 2.24) is 23.7 Å². The van der Waals surface area contributed by atoms with Crippen LogP contribution >= 0.6 is 0 Å². The van der Waals surface area contributed by atoms with Gasteiger partial charge >= 0.3 is 5.69 Å². The van der Waals surface area contributed by atoms with Crippen molar-refractivity contribution in [3.63, 3.8) is 0 Å². The highest BCUT2D eigenvalue weighted by Gasteiger charge is 2.25. The van der Waals surface area contributed by atoms with Gasteiger partial charge in [-0.2, -0.15) is 4.98 Å². The summed E-state index contributed by atoms with van der Waals surface area (Å²) in [6, 6.07) is 0. The molecule has 1 fully saturated rings. The first kappa shape index (κ1) is 18.2. The highest BCUT2D eigenvalue weighted by Crippen LogP contribution is 2.21. The Balaban J connectivity index is 2.19. The number of hydrogen-bond donors (Lipinski definition) is 0. The Morgan fingerprint density at radius 2 is 1.62 bits per heavy atom. The van der Waals surface area contributed by atoms with Crippen LogP contribution in [-0.2, 0) is 20.1 Å². The molecule has 0 saturated carbocycles. The fourth-order valence-electron chi connectivity index (χ4n) is 3.44. The van der Waals surface area contributed by atoms with Crippen LogP contribution in [0.25, 0.3) is 11.2 Å². The van der Waals surface area contributed by atoms with E-state index in [-0.39, 0.29) is 11.2 Å². The SMILES string of the molecule is CCCn1c(=O)c2c(nc(N3CCN(N=O)CC3)n2CCC)n(C)c1=O. The third-order valence-corrected chi connectivity index (χ3v) is 4.76. The van der Waals surface area contributed by atoms with E-state index in [0.717, 1.165) is 6.42 Å². The van der Waals surface area contributed by atoms with E-state index in [4.69, 9.17) is 0 Å². The number of hydrogen-bond acceptors (Lipinski definition) is 6. The maximum absolute atomic E-state index is 13.0. The van der Waals surface area contributed by atoms with Crippen molar-refractivity contribution in [1.29, 1.82) is 0 Å². The van der Waals surface area contributed by atoms with Gasteiger partial charge in [0.2, 0.25) is 5.95 Å². The van der Waals surface area contributed by atoms with Crippen LogP contribution in [0.3, 0.4) is 0 Å². The molecule has 0 radical (unpaired) electrons. The summed E-state index contributed by atoms with van der Waals surface area (Å²) >= 11 is 0. The molecule has 0 bridgehead atoms. The van der Waals surface area contributed by atoms with E-state index < -0.39 is 0 Å². The summed E-state index contributed by atoms with van der Waals surface area (Å²) < 4.78 is 4.65. The van der Waals surface area contributed by atoms with Crippen LogP contribution in [0.5, 0.6) is 0 Å². The Morgan fingerprint density at radius 1 is 1.00 bits per heavy atom. The largest absolute Gasteiger partial charge is 0.338 e. The first-order valence-corrected chi connectivity index (χ1v) is 9.06. The lowest BCUT2D eigenvalue weighted by molar-refractivity contribution is 0.265. The molecule has 0 atom stereocenters. The highest BCUT2D eigenvalue weighted by atomic mass is 16.3. The molecular formula is C16H25N7O3. The van der Waals surface area contributed by atoms with Crippen LogP contribution in [0.4, 0.5) is 5.95 Å². The van der Waals surface area contributed by atoms with Crippen molar-refractivity contribution in [2.45, 2.75) is 39.8 Å². The number of fused-ring (bicyclic) bond motifs is 1. The number of nitroso groups, excluding NO2 is 1. The molecule has 3 rings (SSSR count). The van der Waals surface area contributed by atoms with Crippen molar-refractivity contribution in [3.05, 3.63) is 25.7 Å². The number of nitrogens with zero attached hydrogens (tertiary/aromatic N) is 7. The molecule has 3 heterocycles. The van der Waals surface area contributed by atoms with Crippen molar-refractivity contribution in [2.24, 2.45) is 12.3 Å². The molecule has 0 aliphatic carbocycles. The number of aromatic nitrogens is 4. The highest BCUT2D eigenvalue weighted by molar-refractivity contribution is 5.74. The summed E-state index contributed by atoms with van der Waals surface area (Å²) in [7, 11) is 1.65. The van der Waals surface area contributed by atoms with Crippen LogP contribution in [0.15, 0.2) is 14.9 Å². The summed E-state index contributed by atoms with van der Waals surface area (Å²) in [4.78, 5) is 42.9. The Hall–Kier alpha value is -2.65. The lowest BCUT2D eigenvalue weighted by atomic mass is 10.3. The number of imidazole rings is 1. The molecule has 2 aromatic rings. The standard InChI is InChI=1S/C16H25N7O3/c1-4-6-22-12-13(19(3)16(25)23(7-5-2)14(12)24)17-15(22)20-8-10-21(18-26)11-9-20/h4-11H2,1-3H3. The van der Waals surface area contributed by atoms with Gasteiger partial charge in [0.05, 0.1) is 18.4 Å². The Labute approximate surface area is 150 Å². The maximum Gasteiger partial charge on any atom is 0.332 e. The Kier molecular flexibility index (Phi) is 5.10. The fraction of sp³-hybridized carbons (Fsp3) is 0.688. The van der Waals surface area contributed by atoms with Gasteiger partial charge in [-0.15, -0.1) is 4.91 Å². The smallest absolute Gasteiger partial charge is 0.332 e. The first-order valence-electron chi connectivity index (χ1n) is 9.06. The minimum absolute atomic E-state index is 0.287. The molecule has 26 heavy (non-hydrogen) atoms. The molecule has 0 unspecified atom stereocenters. The molecule has 142 valence electrons. The average molecular weight is 363 g/mol. The minimum atomic E-state index is -0.341. The molecule has 0 amide bonds. The topological polar surface area (TPSA) is 97.7 Å². The summed E-state index contributed by atoms with van der Waals surface area (Å²) in [5.41, 5.74) is 0.248. The average Bonchev–Trinajstić information content (AvgIpc) is 3.03. The van der Waals surface area contributed by atoms with E-state index in [1.165, 1.54) is 14.1 Å². The van der Waals surface area contributed by atoms with Gasteiger partial charge in [0.15, 0.2) is 11.2 Å². The van der Waals surface area contributed by atoms with Crippen molar-refractivity contribution in [3.8, 4) is 0 Å². The molecule has 1 aliphatic heterocycles. The minimum Gasteiger partial charge on any atom is -0.338 e. The summed E-state index contributed by atoms with van der Waals surface area (Å²) in [5, 5.41) is 4.46. The van der Waals surface area contributed by atoms with Crippen LogP contribution < -0.4 is 16.1 Å². The van der Waals surface area contributed by atoms with Gasteiger partial charge in [0, 0.05) is 33.2 Å². The summed E-state index contributed by atoms with van der Waals surface area (Å²) in [6.45, 7) is 7.21. The third-order valence-electron chi connectivity index (χ3n) is 4.76. The van der Waals surface area contributed by atoms with Gasteiger partial charge in [0.25, 0.3) is 5.56 Å². The maximum atomic E-state index is 13.0. The second-order valence-corrected chi connectivity index (χ2v) is 6.56. The van der Waals surface area contributed by atoms with Crippen molar-refractivity contribution >= 4 is 17.1 Å². The Morgan fingerprint density at radius 3 is 2.19 bits per heavy atom. The molecule has 0 spiro atoms. The monoisotopic (exact) mass is 363 g/mol. The van der Waals surface area contributed by atoms with Crippen LogP contribution in [0.1, 0.15) is 26.7 Å². The second-order valence-electron chi connectivity index (χ2n) is 6.56. The molecule has 0 N–H and O–H groups in total. The number of rotatable bonds is 6. The van der Waals surface area contributed by atoms with Crippen LogP contribution in [0.2, 0.25) is 0 Å². The lowest BCUT2D eigenvalue weighted by Gasteiger charge is -2.32. The number of piperazine rings is 1. The van der Waals surface area contributed by atoms with Crippen molar-refractivity contribution in [2.75, 3.05) is 31.1 Å². The summed E-state index contributed by atoms with van der Waals surface area (Å²) in [5.74, 6) is 0.675. The normalized spacial score (nSPS) is 15.0. The predicted molar refractivity (Wildman–Crippen MR) is 99.4 cm³/mol. The van der Waals surface area contributed by atoms with E-state index >= 15 is 0 Å². The second kappa shape index (κ2) is 7.30. The van der Waals surface area contributed by atoms with E-state index in [2.05, 4.69) is 10.3 Å². The van der Waals surface area contributed by atoms with Gasteiger partial charge < -0.3 is 9.47 Å². The molecule has 0 aromatic carbocycles. The van der Waals surface area contributed by atoms with Gasteiger partial charge in [-0.3, -0.25) is 18.9 Å². The lowest BCUT2D eigenvalue weighted by Crippen LogP contribution is -2.45. The number of anilines is 1. The number of aryl methyl sites for hydroxylation is 2. The van der Waals surface area contributed by atoms with E-state index in [1.807, 2.05) is 23.3 Å². The van der Waals surface area contributed by atoms with Gasteiger partial charge in [-0.1, -0.05) is 13.8 Å². The third kappa shape index (κ3) is 2.89. The zero-order chi connectivity index (χ0) is 18.8. The summed E-state index contributed by atoms with van der Waals surface area (Å²) in [6.07, 6.45) is 1.54. The van der Waals surface area contributed by atoms with Crippen molar-refractivity contribution < 1.29 is 0 Å². The molecule has 10 nitrogen and oxygen atoms in total. The fourth-order valence-corrected chi connectivity index (χ4v) is 3.44. The van der Waals surface area contributed by atoms with Gasteiger partial charge in [-0.25, -0.2) is 4.79 Å². The Bertz CT molecular complexity index is 919. The zero-order valence-electron chi connectivity index (χ0n) is 15.5. The zero-order valence-corrected chi connectivity index (χ0v) is 15.5. The molecule has 2 aromatic heterocycles. The first-order chi connectivity index (χ1) is 12.5. The van der Waals surface area contributed by atoms with Gasteiger partial charge in [-0.05, 0) is 12.8 Å². The van der Waals surface area contributed by atoms with E-state index in [1.54, 1.807) is 7.05 Å². The van der Waals surface area contributed by atoms with Crippen LogP contribution in [-0.4, -0.2) is 49.9 Å². The molecule has 1 aliphatic rings. The molecular weight excluding hydrogens is 338 g/mol.